The first-order valence-electron chi connectivity index (χ1n) is 9.84. The van der Waals surface area contributed by atoms with Gasteiger partial charge in [0.25, 0.3) is 0 Å². The average Bonchev–Trinajstić information content (AvgIpc) is 3.26. The topological polar surface area (TPSA) is 13.1 Å². The molecule has 5 aromatic rings. The van der Waals surface area contributed by atoms with Crippen LogP contribution in [0.3, 0.4) is 0 Å². The van der Waals surface area contributed by atoms with Crippen molar-refractivity contribution in [2.45, 2.75) is 20.3 Å². The Balaban J connectivity index is 1.75. The van der Waals surface area contributed by atoms with E-state index in [9.17, 15) is 0 Å². The molecule has 1 heteroatoms. The highest BCUT2D eigenvalue weighted by Crippen LogP contribution is 2.46. The maximum Gasteiger partial charge on any atom is 0.143 e. The van der Waals surface area contributed by atoms with E-state index < -0.39 is 0 Å². The third-order valence-corrected chi connectivity index (χ3v) is 6.19. The summed E-state index contributed by atoms with van der Waals surface area (Å²) in [5.41, 5.74) is 12.4. The van der Waals surface area contributed by atoms with Crippen LogP contribution in [0.25, 0.3) is 44.2 Å². The minimum Gasteiger partial charge on any atom is -0.455 e. The van der Waals surface area contributed by atoms with Crippen LogP contribution in [0.15, 0.2) is 77.2 Å². The third-order valence-electron chi connectivity index (χ3n) is 6.19. The van der Waals surface area contributed by atoms with Crippen LogP contribution in [0, 0.1) is 13.8 Å². The molecule has 0 saturated heterocycles. The highest BCUT2D eigenvalue weighted by Gasteiger charge is 2.24. The van der Waals surface area contributed by atoms with Gasteiger partial charge in [-0.3, -0.25) is 0 Å². The summed E-state index contributed by atoms with van der Waals surface area (Å²) in [6.45, 7) is 4.35. The number of fused-ring (bicyclic) bond motifs is 7. The van der Waals surface area contributed by atoms with Crippen molar-refractivity contribution < 1.29 is 4.42 Å². The molecule has 1 aliphatic rings. The minimum atomic E-state index is 0.988. The Morgan fingerprint density at radius 3 is 2.07 bits per heavy atom. The molecule has 1 aliphatic carbocycles. The first kappa shape index (κ1) is 15.7. The molecule has 0 radical (unpaired) electrons. The van der Waals surface area contributed by atoms with Gasteiger partial charge in [-0.05, 0) is 53.6 Å². The van der Waals surface area contributed by atoms with Gasteiger partial charge >= 0.3 is 0 Å². The zero-order valence-electron chi connectivity index (χ0n) is 16.0. The Kier molecular flexibility index (Phi) is 3.14. The standard InChI is InChI=1S/C27H20O/c1-16-7-3-5-9-20(16)24-17(2)11-13-22-23-14-12-19-15-18-8-4-6-10-21(18)25(19)27(23)28-26(22)24/h3-14H,15H2,1-2H3. The van der Waals surface area contributed by atoms with Crippen LogP contribution in [0.4, 0.5) is 0 Å². The fraction of sp³-hybridized carbons (Fsp3) is 0.111. The molecule has 134 valence electrons. The van der Waals surface area contributed by atoms with Crippen molar-refractivity contribution in [3.8, 4) is 22.3 Å². The van der Waals surface area contributed by atoms with Crippen molar-refractivity contribution in [1.82, 2.24) is 0 Å². The number of hydrogen-bond donors (Lipinski definition) is 0. The Hall–Kier alpha value is -3.32. The Morgan fingerprint density at radius 1 is 0.571 bits per heavy atom. The second-order valence-corrected chi connectivity index (χ2v) is 7.86. The molecule has 0 unspecified atom stereocenters. The Morgan fingerprint density at radius 2 is 1.25 bits per heavy atom. The van der Waals surface area contributed by atoms with Crippen molar-refractivity contribution in [2.24, 2.45) is 0 Å². The van der Waals surface area contributed by atoms with Gasteiger partial charge in [0.1, 0.15) is 11.2 Å². The van der Waals surface area contributed by atoms with Gasteiger partial charge in [-0.2, -0.15) is 0 Å². The lowest BCUT2D eigenvalue weighted by molar-refractivity contribution is 0.670. The molecule has 0 aliphatic heterocycles. The number of benzene rings is 4. The SMILES string of the molecule is Cc1ccccc1-c1c(C)ccc2c1oc1c3c(ccc12)Cc1ccccc1-3. The summed E-state index contributed by atoms with van der Waals surface area (Å²) >= 11 is 0. The van der Waals surface area contributed by atoms with Gasteiger partial charge in [-0.15, -0.1) is 0 Å². The second-order valence-electron chi connectivity index (χ2n) is 7.86. The Labute approximate surface area is 164 Å². The number of furan rings is 1. The van der Waals surface area contributed by atoms with Crippen molar-refractivity contribution >= 4 is 21.9 Å². The molecular weight excluding hydrogens is 340 g/mol. The van der Waals surface area contributed by atoms with Crippen molar-refractivity contribution in [3.05, 3.63) is 95.1 Å². The molecule has 0 N–H and O–H groups in total. The van der Waals surface area contributed by atoms with Crippen LogP contribution in [0.1, 0.15) is 22.3 Å². The van der Waals surface area contributed by atoms with E-state index in [0.717, 1.165) is 17.6 Å². The molecule has 0 saturated carbocycles. The molecule has 1 nitrogen and oxygen atoms in total. The smallest absolute Gasteiger partial charge is 0.143 e. The van der Waals surface area contributed by atoms with E-state index in [1.807, 2.05) is 0 Å². The second kappa shape index (κ2) is 5.59. The first-order valence-corrected chi connectivity index (χ1v) is 9.84. The van der Waals surface area contributed by atoms with Crippen LogP contribution < -0.4 is 0 Å². The third kappa shape index (κ3) is 2.02. The molecule has 0 atom stereocenters. The quantitative estimate of drug-likeness (QED) is 0.297. The lowest BCUT2D eigenvalue weighted by Gasteiger charge is -2.09. The van der Waals surface area contributed by atoms with Crippen molar-refractivity contribution in [2.75, 3.05) is 0 Å². The van der Waals surface area contributed by atoms with E-state index in [2.05, 4.69) is 86.6 Å². The summed E-state index contributed by atoms with van der Waals surface area (Å²) in [6, 6.07) is 26.2. The molecule has 0 fully saturated rings. The van der Waals surface area contributed by atoms with E-state index in [0.29, 0.717) is 0 Å². The highest BCUT2D eigenvalue weighted by atomic mass is 16.3. The lowest BCUT2D eigenvalue weighted by atomic mass is 9.94. The molecule has 1 aromatic heterocycles. The zero-order valence-corrected chi connectivity index (χ0v) is 16.0. The van der Waals surface area contributed by atoms with Crippen LogP contribution in [-0.2, 0) is 6.42 Å². The highest BCUT2D eigenvalue weighted by molar-refractivity contribution is 6.14. The molecule has 0 spiro atoms. The first-order chi connectivity index (χ1) is 13.7. The van der Waals surface area contributed by atoms with Crippen LogP contribution >= 0.6 is 0 Å². The largest absolute Gasteiger partial charge is 0.455 e. The summed E-state index contributed by atoms with van der Waals surface area (Å²) < 4.78 is 6.67. The maximum absolute atomic E-state index is 6.67. The number of hydrogen-bond acceptors (Lipinski definition) is 1. The van der Waals surface area contributed by atoms with Gasteiger partial charge in [0, 0.05) is 21.9 Å². The van der Waals surface area contributed by atoms with Gasteiger partial charge in [0.05, 0.1) is 0 Å². The molecule has 4 aromatic carbocycles. The van der Waals surface area contributed by atoms with Gasteiger partial charge in [0.15, 0.2) is 0 Å². The predicted octanol–water partition coefficient (Wildman–Crippen LogP) is 7.44. The van der Waals surface area contributed by atoms with E-state index in [1.54, 1.807) is 0 Å². The monoisotopic (exact) mass is 360 g/mol. The van der Waals surface area contributed by atoms with E-state index in [1.165, 1.54) is 55.3 Å². The van der Waals surface area contributed by atoms with Gasteiger partial charge in [-0.25, -0.2) is 0 Å². The summed E-state index contributed by atoms with van der Waals surface area (Å²) in [7, 11) is 0. The molecule has 0 amide bonds. The van der Waals surface area contributed by atoms with Gasteiger partial charge in [0.2, 0.25) is 0 Å². The fourth-order valence-corrected chi connectivity index (χ4v) is 4.80. The van der Waals surface area contributed by atoms with E-state index in [-0.39, 0.29) is 0 Å². The van der Waals surface area contributed by atoms with Gasteiger partial charge < -0.3 is 4.42 Å². The average molecular weight is 360 g/mol. The lowest BCUT2D eigenvalue weighted by Crippen LogP contribution is -1.87. The molecular formula is C27H20O. The predicted molar refractivity (Wildman–Crippen MR) is 117 cm³/mol. The number of rotatable bonds is 1. The van der Waals surface area contributed by atoms with E-state index in [4.69, 9.17) is 4.42 Å². The molecule has 28 heavy (non-hydrogen) atoms. The van der Waals surface area contributed by atoms with Crippen molar-refractivity contribution in [3.63, 3.8) is 0 Å². The normalized spacial score (nSPS) is 12.5. The summed E-state index contributed by atoms with van der Waals surface area (Å²) in [5, 5.41) is 2.41. The van der Waals surface area contributed by atoms with E-state index >= 15 is 0 Å². The van der Waals surface area contributed by atoms with Crippen molar-refractivity contribution in [1.29, 1.82) is 0 Å². The maximum atomic E-state index is 6.67. The molecule has 0 bridgehead atoms. The minimum absolute atomic E-state index is 0.988. The van der Waals surface area contributed by atoms with Crippen LogP contribution in [0.2, 0.25) is 0 Å². The van der Waals surface area contributed by atoms with Crippen LogP contribution in [0.5, 0.6) is 0 Å². The Bertz CT molecular complexity index is 1400. The molecule has 6 rings (SSSR count). The summed E-state index contributed by atoms with van der Waals surface area (Å²) in [4.78, 5) is 0. The summed E-state index contributed by atoms with van der Waals surface area (Å²) in [5.74, 6) is 0. The zero-order chi connectivity index (χ0) is 18.8. The number of aryl methyl sites for hydroxylation is 2. The van der Waals surface area contributed by atoms with Crippen LogP contribution in [-0.4, -0.2) is 0 Å². The van der Waals surface area contributed by atoms with Gasteiger partial charge in [-0.1, -0.05) is 72.8 Å². The summed E-state index contributed by atoms with van der Waals surface area (Å²) in [6.07, 6.45) is 0.988. The molecule has 1 heterocycles. The fourth-order valence-electron chi connectivity index (χ4n) is 4.80.